The first kappa shape index (κ1) is 11.4. The van der Waals surface area contributed by atoms with Crippen molar-refractivity contribution in [2.45, 2.75) is 6.54 Å². The number of anilines is 1. The molecular weight excluding hydrogens is 244 g/mol. The molecule has 0 spiro atoms. The number of fused-ring (bicyclic) bond motifs is 1. The Bertz CT molecular complexity index is 678. The van der Waals surface area contributed by atoms with E-state index in [1.807, 2.05) is 36.4 Å². The number of rotatable bonds is 4. The lowest BCUT2D eigenvalue weighted by atomic mass is 10.2. The van der Waals surface area contributed by atoms with Crippen LogP contribution < -0.4 is 10.1 Å². The first-order valence-electron chi connectivity index (χ1n) is 5.77. The van der Waals surface area contributed by atoms with Gasteiger partial charge in [0.2, 0.25) is 0 Å². The zero-order chi connectivity index (χ0) is 13.1. The molecule has 2 aromatic heterocycles. The quantitative estimate of drug-likeness (QED) is 0.754. The fourth-order valence-corrected chi connectivity index (χ4v) is 1.68. The van der Waals surface area contributed by atoms with Gasteiger partial charge in [-0.15, -0.1) is 14.8 Å². The predicted molar refractivity (Wildman–Crippen MR) is 68.9 cm³/mol. The third kappa shape index (κ3) is 2.44. The van der Waals surface area contributed by atoms with Crippen molar-refractivity contribution < 1.29 is 4.74 Å². The van der Waals surface area contributed by atoms with E-state index in [1.54, 1.807) is 7.11 Å². The minimum atomic E-state index is 0.620. The SMILES string of the molecule is COc1ccc(CNc2ccc3nnnn3n2)cc1. The molecule has 19 heavy (non-hydrogen) atoms. The second kappa shape index (κ2) is 4.89. The summed E-state index contributed by atoms with van der Waals surface area (Å²) in [4.78, 5) is 0. The average molecular weight is 256 g/mol. The molecule has 0 bridgehead atoms. The number of hydrogen-bond acceptors (Lipinski definition) is 6. The molecule has 0 aliphatic rings. The smallest absolute Gasteiger partial charge is 0.200 e. The molecule has 0 amide bonds. The van der Waals surface area contributed by atoms with Crippen molar-refractivity contribution in [2.24, 2.45) is 0 Å². The van der Waals surface area contributed by atoms with E-state index < -0.39 is 0 Å². The third-order valence-corrected chi connectivity index (χ3v) is 2.70. The summed E-state index contributed by atoms with van der Waals surface area (Å²) in [6.07, 6.45) is 0. The van der Waals surface area contributed by atoms with E-state index in [2.05, 4.69) is 25.9 Å². The van der Waals surface area contributed by atoms with E-state index in [-0.39, 0.29) is 0 Å². The number of methoxy groups -OCH3 is 1. The molecule has 0 unspecified atom stereocenters. The fourth-order valence-electron chi connectivity index (χ4n) is 1.68. The van der Waals surface area contributed by atoms with Crippen LogP contribution in [0.4, 0.5) is 5.82 Å². The molecule has 2 heterocycles. The summed E-state index contributed by atoms with van der Waals surface area (Å²) in [5.74, 6) is 1.56. The lowest BCUT2D eigenvalue weighted by Gasteiger charge is -2.06. The Morgan fingerprint density at radius 1 is 1.16 bits per heavy atom. The molecule has 0 saturated heterocycles. The van der Waals surface area contributed by atoms with Gasteiger partial charge in [0.05, 0.1) is 7.11 Å². The summed E-state index contributed by atoms with van der Waals surface area (Å²) in [7, 11) is 1.65. The minimum Gasteiger partial charge on any atom is -0.497 e. The summed E-state index contributed by atoms with van der Waals surface area (Å²) in [5, 5.41) is 18.5. The zero-order valence-corrected chi connectivity index (χ0v) is 10.3. The van der Waals surface area contributed by atoms with Crippen molar-refractivity contribution in [3.05, 3.63) is 42.0 Å². The normalized spacial score (nSPS) is 10.6. The van der Waals surface area contributed by atoms with Crippen molar-refractivity contribution in [1.29, 1.82) is 0 Å². The van der Waals surface area contributed by atoms with Crippen LogP contribution in [0.15, 0.2) is 36.4 Å². The third-order valence-electron chi connectivity index (χ3n) is 2.70. The van der Waals surface area contributed by atoms with Gasteiger partial charge in [-0.1, -0.05) is 12.1 Å². The molecule has 0 aliphatic carbocycles. The topological polar surface area (TPSA) is 77.2 Å². The van der Waals surface area contributed by atoms with Crippen LogP contribution in [0.2, 0.25) is 0 Å². The van der Waals surface area contributed by atoms with E-state index in [0.29, 0.717) is 12.2 Å². The molecule has 0 radical (unpaired) electrons. The standard InChI is InChI=1S/C12H12N6O/c1-19-10-4-2-9(3-5-10)8-13-11-6-7-12-14-16-17-18(12)15-11/h2-7H,8H2,1H3,(H,13,15). The van der Waals surface area contributed by atoms with Crippen LogP contribution in [0, 0.1) is 0 Å². The molecule has 96 valence electrons. The van der Waals surface area contributed by atoms with Crippen LogP contribution >= 0.6 is 0 Å². The molecule has 7 nitrogen and oxygen atoms in total. The Labute approximate surface area is 109 Å². The summed E-state index contributed by atoms with van der Waals surface area (Å²) >= 11 is 0. The van der Waals surface area contributed by atoms with Crippen molar-refractivity contribution in [2.75, 3.05) is 12.4 Å². The maximum absolute atomic E-state index is 5.11. The maximum Gasteiger partial charge on any atom is 0.200 e. The highest BCUT2D eigenvalue weighted by Crippen LogP contribution is 2.12. The number of tetrazole rings is 1. The number of nitrogens with one attached hydrogen (secondary N) is 1. The lowest BCUT2D eigenvalue weighted by Crippen LogP contribution is -2.04. The van der Waals surface area contributed by atoms with Crippen molar-refractivity contribution in [1.82, 2.24) is 25.3 Å². The Kier molecular flexibility index (Phi) is 2.93. The molecule has 7 heteroatoms. The van der Waals surface area contributed by atoms with Gasteiger partial charge in [0.25, 0.3) is 0 Å². The number of hydrogen-bond donors (Lipinski definition) is 1. The zero-order valence-electron chi connectivity index (χ0n) is 10.3. The number of ether oxygens (including phenoxy) is 1. The Morgan fingerprint density at radius 2 is 2.00 bits per heavy atom. The van der Waals surface area contributed by atoms with Crippen LogP contribution in [0.5, 0.6) is 5.75 Å². The molecular formula is C12H12N6O. The van der Waals surface area contributed by atoms with Crippen LogP contribution in [0.3, 0.4) is 0 Å². The van der Waals surface area contributed by atoms with Crippen LogP contribution in [0.1, 0.15) is 5.56 Å². The Balaban J connectivity index is 1.70. The first-order chi connectivity index (χ1) is 9.35. The fraction of sp³-hybridized carbons (Fsp3) is 0.167. The van der Waals surface area contributed by atoms with E-state index in [4.69, 9.17) is 4.74 Å². The number of benzene rings is 1. The van der Waals surface area contributed by atoms with E-state index >= 15 is 0 Å². The van der Waals surface area contributed by atoms with Crippen LogP contribution in [-0.2, 0) is 6.54 Å². The predicted octanol–water partition coefficient (Wildman–Crippen LogP) is 1.14. The molecule has 0 atom stereocenters. The van der Waals surface area contributed by atoms with Gasteiger partial charge in [-0.05, 0) is 40.3 Å². The molecule has 0 fully saturated rings. The van der Waals surface area contributed by atoms with Gasteiger partial charge in [0.15, 0.2) is 5.65 Å². The molecule has 0 saturated carbocycles. The molecule has 1 aromatic carbocycles. The van der Waals surface area contributed by atoms with E-state index in [9.17, 15) is 0 Å². The van der Waals surface area contributed by atoms with Gasteiger partial charge < -0.3 is 10.1 Å². The summed E-state index contributed by atoms with van der Waals surface area (Å²) in [6.45, 7) is 0.671. The summed E-state index contributed by atoms with van der Waals surface area (Å²) in [5.41, 5.74) is 1.76. The van der Waals surface area contributed by atoms with E-state index in [1.165, 1.54) is 4.63 Å². The molecule has 3 aromatic rings. The summed E-state index contributed by atoms with van der Waals surface area (Å²) in [6, 6.07) is 11.5. The van der Waals surface area contributed by atoms with E-state index in [0.717, 1.165) is 17.1 Å². The van der Waals surface area contributed by atoms with Crippen LogP contribution in [0.25, 0.3) is 5.65 Å². The monoisotopic (exact) mass is 256 g/mol. The first-order valence-corrected chi connectivity index (χ1v) is 5.77. The van der Waals surface area contributed by atoms with Gasteiger partial charge in [-0.3, -0.25) is 0 Å². The maximum atomic E-state index is 5.11. The van der Waals surface area contributed by atoms with Crippen molar-refractivity contribution >= 4 is 11.5 Å². The molecule has 0 aliphatic heterocycles. The summed E-state index contributed by atoms with van der Waals surface area (Å²) < 4.78 is 6.50. The van der Waals surface area contributed by atoms with Crippen molar-refractivity contribution in [3.8, 4) is 5.75 Å². The highest BCUT2D eigenvalue weighted by molar-refractivity contribution is 5.42. The average Bonchev–Trinajstić information content (AvgIpc) is 2.93. The number of nitrogens with zero attached hydrogens (tertiary/aromatic N) is 5. The lowest BCUT2D eigenvalue weighted by molar-refractivity contribution is 0.414. The second-order valence-electron chi connectivity index (χ2n) is 3.95. The Morgan fingerprint density at radius 3 is 2.79 bits per heavy atom. The number of aromatic nitrogens is 5. The van der Waals surface area contributed by atoms with Crippen molar-refractivity contribution in [3.63, 3.8) is 0 Å². The minimum absolute atomic E-state index is 0.620. The van der Waals surface area contributed by atoms with Gasteiger partial charge in [-0.25, -0.2) is 0 Å². The molecule has 3 rings (SSSR count). The van der Waals surface area contributed by atoms with Gasteiger partial charge in [0.1, 0.15) is 11.6 Å². The van der Waals surface area contributed by atoms with Gasteiger partial charge in [0, 0.05) is 6.54 Å². The van der Waals surface area contributed by atoms with Crippen LogP contribution in [-0.4, -0.2) is 32.4 Å². The highest BCUT2D eigenvalue weighted by atomic mass is 16.5. The second-order valence-corrected chi connectivity index (χ2v) is 3.95. The molecule has 1 N–H and O–H groups in total. The van der Waals surface area contributed by atoms with Gasteiger partial charge >= 0.3 is 0 Å². The Hall–Kier alpha value is -2.70. The van der Waals surface area contributed by atoms with Gasteiger partial charge in [-0.2, -0.15) is 0 Å². The highest BCUT2D eigenvalue weighted by Gasteiger charge is 2.00. The largest absolute Gasteiger partial charge is 0.497 e.